The van der Waals surface area contributed by atoms with Gasteiger partial charge in [0.25, 0.3) is 0 Å². The van der Waals surface area contributed by atoms with Crippen molar-refractivity contribution in [2.24, 2.45) is 5.73 Å². The van der Waals surface area contributed by atoms with E-state index in [4.69, 9.17) is 5.73 Å². The topological polar surface area (TPSA) is 68.0 Å². The molecule has 0 aromatic carbocycles. The Balaban J connectivity index is 2.13. The number of rotatable bonds is 2. The molecule has 2 heterocycles. The number of hydrogen-bond acceptors (Lipinski definition) is 4. The molecule has 0 radical (unpaired) electrons. The fourth-order valence-electron chi connectivity index (χ4n) is 1.29. The zero-order chi connectivity index (χ0) is 13.7. The molecule has 19 heavy (non-hydrogen) atoms. The van der Waals surface area contributed by atoms with Gasteiger partial charge in [0.05, 0.1) is 10.9 Å². The minimum absolute atomic E-state index is 0.268. The molecule has 1 unspecified atom stereocenters. The molecule has 1 amide bonds. The SMILES string of the molecule is CC(N)C(=O)Nc1cccc(C#Cc2cccs2)n1. The Bertz CT molecular complexity index is 624. The summed E-state index contributed by atoms with van der Waals surface area (Å²) in [6, 6.07) is 8.62. The Morgan fingerprint density at radius 3 is 2.89 bits per heavy atom. The van der Waals surface area contributed by atoms with E-state index < -0.39 is 6.04 Å². The highest BCUT2D eigenvalue weighted by molar-refractivity contribution is 7.10. The molecule has 0 bridgehead atoms. The molecule has 3 N–H and O–H groups in total. The van der Waals surface area contributed by atoms with E-state index in [2.05, 4.69) is 22.1 Å². The molecule has 0 aliphatic carbocycles. The van der Waals surface area contributed by atoms with Gasteiger partial charge < -0.3 is 11.1 Å². The van der Waals surface area contributed by atoms with Crippen molar-refractivity contribution in [3.8, 4) is 11.8 Å². The van der Waals surface area contributed by atoms with E-state index >= 15 is 0 Å². The van der Waals surface area contributed by atoms with Crippen LogP contribution in [0.5, 0.6) is 0 Å². The van der Waals surface area contributed by atoms with Crippen LogP contribution in [0.3, 0.4) is 0 Å². The first-order valence-corrected chi connectivity index (χ1v) is 6.62. The Morgan fingerprint density at radius 1 is 1.37 bits per heavy atom. The largest absolute Gasteiger partial charge is 0.320 e. The van der Waals surface area contributed by atoms with Gasteiger partial charge in [0.2, 0.25) is 5.91 Å². The van der Waals surface area contributed by atoms with Crippen LogP contribution >= 0.6 is 11.3 Å². The summed E-state index contributed by atoms with van der Waals surface area (Å²) in [7, 11) is 0. The van der Waals surface area contributed by atoms with Crippen molar-refractivity contribution >= 4 is 23.1 Å². The van der Waals surface area contributed by atoms with Crippen LogP contribution < -0.4 is 11.1 Å². The Labute approximate surface area is 115 Å². The summed E-state index contributed by atoms with van der Waals surface area (Å²) in [6.07, 6.45) is 0. The number of amides is 1. The van der Waals surface area contributed by atoms with E-state index in [0.29, 0.717) is 11.5 Å². The molecular formula is C14H13N3OS. The monoisotopic (exact) mass is 271 g/mol. The highest BCUT2D eigenvalue weighted by atomic mass is 32.1. The number of anilines is 1. The molecule has 2 rings (SSSR count). The van der Waals surface area contributed by atoms with Crippen molar-refractivity contribution in [3.05, 3.63) is 46.3 Å². The van der Waals surface area contributed by atoms with Crippen molar-refractivity contribution in [3.63, 3.8) is 0 Å². The predicted molar refractivity (Wildman–Crippen MR) is 76.8 cm³/mol. The molecule has 1 atom stereocenters. The molecule has 0 aliphatic rings. The summed E-state index contributed by atoms with van der Waals surface area (Å²) in [6.45, 7) is 1.62. The lowest BCUT2D eigenvalue weighted by molar-refractivity contribution is -0.117. The number of pyridine rings is 1. The lowest BCUT2D eigenvalue weighted by Crippen LogP contribution is -2.32. The minimum Gasteiger partial charge on any atom is -0.320 e. The smallest absolute Gasteiger partial charge is 0.242 e. The van der Waals surface area contributed by atoms with Crippen molar-refractivity contribution in [1.82, 2.24) is 4.98 Å². The number of nitrogens with two attached hydrogens (primary N) is 1. The average Bonchev–Trinajstić information content (AvgIpc) is 2.90. The van der Waals surface area contributed by atoms with E-state index in [1.807, 2.05) is 17.5 Å². The molecule has 0 saturated carbocycles. The maximum atomic E-state index is 11.5. The van der Waals surface area contributed by atoms with Crippen LogP contribution in [0.4, 0.5) is 5.82 Å². The van der Waals surface area contributed by atoms with Crippen LogP contribution in [-0.4, -0.2) is 16.9 Å². The summed E-state index contributed by atoms with van der Waals surface area (Å²) >= 11 is 1.57. The summed E-state index contributed by atoms with van der Waals surface area (Å²) in [5.74, 6) is 6.16. The van der Waals surface area contributed by atoms with Crippen LogP contribution in [-0.2, 0) is 4.79 Å². The Morgan fingerprint density at radius 2 is 2.21 bits per heavy atom. The maximum Gasteiger partial charge on any atom is 0.242 e. The first kappa shape index (κ1) is 13.3. The first-order valence-electron chi connectivity index (χ1n) is 5.74. The minimum atomic E-state index is -0.567. The number of nitrogens with one attached hydrogen (secondary N) is 1. The van der Waals surface area contributed by atoms with E-state index in [0.717, 1.165) is 4.88 Å². The molecule has 2 aromatic heterocycles. The molecule has 0 fully saturated rings. The van der Waals surface area contributed by atoms with Gasteiger partial charge in [0, 0.05) is 0 Å². The third-order valence-corrected chi connectivity index (χ3v) is 3.03. The average molecular weight is 271 g/mol. The summed E-state index contributed by atoms with van der Waals surface area (Å²) in [5.41, 5.74) is 6.09. The normalized spacial score (nSPS) is 11.3. The van der Waals surface area contributed by atoms with Crippen LogP contribution in [0, 0.1) is 11.8 Å². The summed E-state index contributed by atoms with van der Waals surface area (Å²) < 4.78 is 0. The van der Waals surface area contributed by atoms with Gasteiger partial charge in [0.15, 0.2) is 0 Å². The van der Waals surface area contributed by atoms with Crippen molar-refractivity contribution in [1.29, 1.82) is 0 Å². The zero-order valence-corrected chi connectivity index (χ0v) is 11.2. The molecule has 0 aliphatic heterocycles. The number of hydrogen-bond donors (Lipinski definition) is 2. The van der Waals surface area contributed by atoms with Gasteiger partial charge in [-0.2, -0.15) is 0 Å². The standard InChI is InChI=1S/C14H13N3OS/c1-10(15)14(18)17-13-6-2-4-11(16-13)7-8-12-5-3-9-19-12/h2-6,9-10H,15H2,1H3,(H,16,17,18). The molecule has 96 valence electrons. The van der Waals surface area contributed by atoms with Crippen LogP contribution in [0.15, 0.2) is 35.7 Å². The first-order chi connectivity index (χ1) is 9.15. The fraction of sp³-hybridized carbons (Fsp3) is 0.143. The zero-order valence-electron chi connectivity index (χ0n) is 10.4. The third-order valence-electron chi connectivity index (χ3n) is 2.25. The number of nitrogens with zero attached hydrogens (tertiary/aromatic N) is 1. The predicted octanol–water partition coefficient (Wildman–Crippen LogP) is 1.83. The van der Waals surface area contributed by atoms with Gasteiger partial charge in [-0.15, -0.1) is 11.3 Å². The fourth-order valence-corrected chi connectivity index (χ4v) is 1.86. The summed E-state index contributed by atoms with van der Waals surface area (Å²) in [4.78, 5) is 16.7. The van der Waals surface area contributed by atoms with Crippen molar-refractivity contribution in [2.75, 3.05) is 5.32 Å². The molecule has 0 saturated heterocycles. The molecule has 5 heteroatoms. The van der Waals surface area contributed by atoms with Gasteiger partial charge in [0.1, 0.15) is 11.5 Å². The molecule has 2 aromatic rings. The van der Waals surface area contributed by atoms with Crippen molar-refractivity contribution in [2.45, 2.75) is 13.0 Å². The summed E-state index contributed by atoms with van der Waals surface area (Å²) in [5, 5.41) is 4.60. The molecule has 4 nitrogen and oxygen atoms in total. The van der Waals surface area contributed by atoms with E-state index in [-0.39, 0.29) is 5.91 Å². The highest BCUT2D eigenvalue weighted by Gasteiger charge is 2.07. The van der Waals surface area contributed by atoms with Crippen LogP contribution in [0.25, 0.3) is 0 Å². The van der Waals surface area contributed by atoms with Gasteiger partial charge >= 0.3 is 0 Å². The number of thiophene rings is 1. The second-order valence-corrected chi connectivity index (χ2v) is 4.86. The van der Waals surface area contributed by atoms with E-state index in [1.54, 1.807) is 36.5 Å². The number of carbonyl (C=O) groups is 1. The number of carbonyl (C=O) groups excluding carboxylic acids is 1. The lowest BCUT2D eigenvalue weighted by Gasteiger charge is -2.06. The second-order valence-electron chi connectivity index (χ2n) is 3.91. The quantitative estimate of drug-likeness (QED) is 0.819. The van der Waals surface area contributed by atoms with Gasteiger partial charge in [-0.05, 0) is 42.3 Å². The maximum absolute atomic E-state index is 11.5. The van der Waals surface area contributed by atoms with Gasteiger partial charge in [-0.3, -0.25) is 4.79 Å². The Hall–Kier alpha value is -2.16. The number of aromatic nitrogens is 1. The van der Waals surface area contributed by atoms with Gasteiger partial charge in [-0.1, -0.05) is 12.1 Å². The molecular weight excluding hydrogens is 258 g/mol. The third kappa shape index (κ3) is 3.91. The van der Waals surface area contributed by atoms with Gasteiger partial charge in [-0.25, -0.2) is 4.98 Å². The van der Waals surface area contributed by atoms with Crippen LogP contribution in [0.1, 0.15) is 17.5 Å². The van der Waals surface area contributed by atoms with Crippen molar-refractivity contribution < 1.29 is 4.79 Å². The van der Waals surface area contributed by atoms with E-state index in [1.165, 1.54) is 0 Å². The van der Waals surface area contributed by atoms with E-state index in [9.17, 15) is 4.79 Å². The highest BCUT2D eigenvalue weighted by Crippen LogP contribution is 2.07. The second kappa shape index (κ2) is 6.14. The molecule has 0 spiro atoms. The lowest BCUT2D eigenvalue weighted by atomic mass is 10.3. The Kier molecular flexibility index (Phi) is 4.29. The van der Waals surface area contributed by atoms with Crippen LogP contribution in [0.2, 0.25) is 0 Å².